The van der Waals surface area contributed by atoms with Crippen LogP contribution in [0.2, 0.25) is 0 Å². The predicted molar refractivity (Wildman–Crippen MR) is 132 cm³/mol. The molecule has 4 bridgehead atoms. The quantitative estimate of drug-likeness (QED) is 0.414. The maximum absolute atomic E-state index is 6.19. The second-order valence-electron chi connectivity index (χ2n) is 11.1. The van der Waals surface area contributed by atoms with Gasteiger partial charge >= 0.3 is 0 Å². The van der Waals surface area contributed by atoms with Crippen molar-refractivity contribution in [2.75, 3.05) is 25.4 Å². The topological polar surface area (TPSA) is 42.2 Å². The SMILES string of the molecule is C(#CCN1CCC(Cc2ccccc2)CC1)CSc1nnc(C23CC4CC(CC(C4)C2)C3)o1. The number of hydrogen-bond acceptors (Lipinski definition) is 5. The van der Waals surface area contributed by atoms with Crippen LogP contribution < -0.4 is 0 Å². The first-order valence-electron chi connectivity index (χ1n) is 12.9. The fourth-order valence-corrected chi connectivity index (χ4v) is 8.00. The van der Waals surface area contributed by atoms with Crippen LogP contribution in [0.15, 0.2) is 40.0 Å². The monoisotopic (exact) mass is 461 g/mol. The van der Waals surface area contributed by atoms with E-state index < -0.39 is 0 Å². The molecule has 2 aromatic rings. The van der Waals surface area contributed by atoms with Crippen LogP contribution in [0.3, 0.4) is 0 Å². The molecule has 5 fully saturated rings. The van der Waals surface area contributed by atoms with Crippen LogP contribution in [0.1, 0.15) is 62.8 Å². The maximum Gasteiger partial charge on any atom is 0.277 e. The van der Waals surface area contributed by atoms with Gasteiger partial charge in [0.15, 0.2) is 0 Å². The van der Waals surface area contributed by atoms with Crippen LogP contribution >= 0.6 is 11.8 Å². The summed E-state index contributed by atoms with van der Waals surface area (Å²) in [4.78, 5) is 2.50. The third-order valence-corrected chi connectivity index (χ3v) is 9.37. The van der Waals surface area contributed by atoms with E-state index in [1.54, 1.807) is 11.8 Å². The van der Waals surface area contributed by atoms with Crippen molar-refractivity contribution in [3.63, 3.8) is 0 Å². The lowest BCUT2D eigenvalue weighted by Crippen LogP contribution is -2.48. The van der Waals surface area contributed by atoms with E-state index in [9.17, 15) is 0 Å². The molecule has 5 heteroatoms. The smallest absolute Gasteiger partial charge is 0.277 e. The zero-order chi connectivity index (χ0) is 22.1. The van der Waals surface area contributed by atoms with Crippen molar-refractivity contribution in [2.24, 2.45) is 23.7 Å². The van der Waals surface area contributed by atoms with E-state index in [4.69, 9.17) is 4.42 Å². The Morgan fingerprint density at radius 3 is 2.33 bits per heavy atom. The van der Waals surface area contributed by atoms with E-state index >= 15 is 0 Å². The molecule has 0 amide bonds. The minimum atomic E-state index is 0.193. The lowest BCUT2D eigenvalue weighted by atomic mass is 9.49. The zero-order valence-corrected chi connectivity index (χ0v) is 20.4. The fourth-order valence-electron chi connectivity index (χ4n) is 7.47. The largest absolute Gasteiger partial charge is 0.415 e. The normalized spacial score (nSPS) is 31.5. The molecule has 33 heavy (non-hydrogen) atoms. The molecular weight excluding hydrogens is 426 g/mol. The summed E-state index contributed by atoms with van der Waals surface area (Å²) in [6.07, 6.45) is 11.9. The number of rotatable bonds is 6. The highest BCUT2D eigenvalue weighted by atomic mass is 32.2. The van der Waals surface area contributed by atoms with Crippen molar-refractivity contribution >= 4 is 11.8 Å². The Labute approximate surface area is 202 Å². The van der Waals surface area contributed by atoms with Gasteiger partial charge in [0.2, 0.25) is 5.89 Å². The summed E-state index contributed by atoms with van der Waals surface area (Å²) in [5.74, 6) is 11.8. The van der Waals surface area contributed by atoms with Crippen molar-refractivity contribution in [1.82, 2.24) is 15.1 Å². The van der Waals surface area contributed by atoms with Crippen LogP contribution in [0.25, 0.3) is 0 Å². The molecule has 7 rings (SSSR count). The molecule has 0 unspecified atom stereocenters. The molecule has 1 aromatic carbocycles. The Bertz CT molecular complexity index is 964. The summed E-state index contributed by atoms with van der Waals surface area (Å²) in [5.41, 5.74) is 1.67. The molecule has 5 aliphatic rings. The van der Waals surface area contributed by atoms with Crippen LogP contribution in [-0.2, 0) is 11.8 Å². The van der Waals surface area contributed by atoms with Crippen molar-refractivity contribution in [3.8, 4) is 11.8 Å². The van der Waals surface area contributed by atoms with Gasteiger partial charge in [0, 0.05) is 5.41 Å². The number of nitrogens with zero attached hydrogens (tertiary/aromatic N) is 3. The predicted octanol–water partition coefficient (Wildman–Crippen LogP) is 5.59. The summed E-state index contributed by atoms with van der Waals surface area (Å²) in [7, 11) is 0. The maximum atomic E-state index is 6.19. The van der Waals surface area contributed by atoms with Gasteiger partial charge in [-0.2, -0.15) is 0 Å². The van der Waals surface area contributed by atoms with Crippen molar-refractivity contribution in [3.05, 3.63) is 41.8 Å². The van der Waals surface area contributed by atoms with Crippen LogP contribution in [0.4, 0.5) is 0 Å². The van der Waals surface area contributed by atoms with Crippen molar-refractivity contribution < 1.29 is 4.42 Å². The highest BCUT2D eigenvalue weighted by Crippen LogP contribution is 2.60. The molecule has 2 heterocycles. The standard InChI is InChI=1S/C28H35N3OS/c1-2-6-21(7-3-1)14-22-8-11-31(12-9-22)10-4-5-13-33-27-30-29-26(32-27)28-18-23-15-24(19-28)17-25(16-23)20-28/h1-3,6-7,22-25H,8-20H2. The van der Waals surface area contributed by atoms with Gasteiger partial charge in [-0.15, -0.1) is 10.2 Å². The Morgan fingerprint density at radius 1 is 0.939 bits per heavy atom. The minimum absolute atomic E-state index is 0.193. The van der Waals surface area contributed by atoms with Gasteiger partial charge in [-0.1, -0.05) is 53.9 Å². The Kier molecular flexibility index (Phi) is 6.24. The average molecular weight is 462 g/mol. The second-order valence-corrected chi connectivity index (χ2v) is 12.0. The van der Waals surface area contributed by atoms with Crippen LogP contribution in [0.5, 0.6) is 0 Å². The molecule has 0 radical (unpaired) electrons. The summed E-state index contributed by atoms with van der Waals surface area (Å²) >= 11 is 1.60. The third-order valence-electron chi connectivity index (χ3n) is 8.67. The first kappa shape index (κ1) is 21.7. The number of piperidine rings is 1. The highest BCUT2D eigenvalue weighted by Gasteiger charge is 2.54. The number of benzene rings is 1. The molecule has 0 atom stereocenters. The van der Waals surface area contributed by atoms with E-state index in [0.717, 1.165) is 54.9 Å². The molecule has 4 nitrogen and oxygen atoms in total. The van der Waals surface area contributed by atoms with Gasteiger partial charge in [0.25, 0.3) is 5.22 Å². The zero-order valence-electron chi connectivity index (χ0n) is 19.5. The Balaban J connectivity index is 0.943. The molecule has 1 aliphatic heterocycles. The molecule has 4 aliphatic carbocycles. The highest BCUT2D eigenvalue weighted by molar-refractivity contribution is 7.99. The van der Waals surface area contributed by atoms with Gasteiger partial charge in [0.1, 0.15) is 0 Å². The number of likely N-dealkylation sites (tertiary alicyclic amines) is 1. The van der Waals surface area contributed by atoms with E-state index in [1.165, 1.54) is 63.4 Å². The van der Waals surface area contributed by atoms with Gasteiger partial charge < -0.3 is 4.42 Å². The van der Waals surface area contributed by atoms with Gasteiger partial charge in [-0.25, -0.2) is 0 Å². The minimum Gasteiger partial charge on any atom is -0.415 e. The first-order valence-corrected chi connectivity index (χ1v) is 13.9. The van der Waals surface area contributed by atoms with Crippen molar-refractivity contribution in [1.29, 1.82) is 0 Å². The Morgan fingerprint density at radius 2 is 1.64 bits per heavy atom. The van der Waals surface area contributed by atoms with Gasteiger partial charge in [-0.05, 0) is 100 Å². The summed E-state index contributed by atoms with van der Waals surface area (Å²) < 4.78 is 6.19. The molecule has 1 aromatic heterocycles. The summed E-state index contributed by atoms with van der Waals surface area (Å²) in [5, 5.41) is 9.60. The van der Waals surface area contributed by atoms with E-state index in [-0.39, 0.29) is 5.41 Å². The molecular formula is C28H35N3OS. The molecule has 0 N–H and O–H groups in total. The molecule has 0 spiro atoms. The molecule has 4 saturated carbocycles. The number of hydrogen-bond donors (Lipinski definition) is 0. The number of aromatic nitrogens is 2. The molecule has 1 saturated heterocycles. The van der Waals surface area contributed by atoms with Gasteiger partial charge in [-0.3, -0.25) is 4.90 Å². The lowest BCUT2D eigenvalue weighted by Gasteiger charge is -2.55. The van der Waals surface area contributed by atoms with Crippen LogP contribution in [0, 0.1) is 35.5 Å². The summed E-state index contributed by atoms with van der Waals surface area (Å²) in [6.45, 7) is 3.20. The Hall–Kier alpha value is -1.77. The number of thioether (sulfide) groups is 1. The molecule has 174 valence electrons. The van der Waals surface area contributed by atoms with Gasteiger partial charge in [0.05, 0.1) is 12.3 Å². The summed E-state index contributed by atoms with van der Waals surface area (Å²) in [6, 6.07) is 10.9. The van der Waals surface area contributed by atoms with Crippen molar-refractivity contribution in [2.45, 2.75) is 68.4 Å². The first-order chi connectivity index (χ1) is 16.2. The van der Waals surface area contributed by atoms with E-state index in [0.29, 0.717) is 5.22 Å². The average Bonchev–Trinajstić information content (AvgIpc) is 3.30. The third kappa shape index (κ3) is 4.88. The second kappa shape index (κ2) is 9.47. The lowest BCUT2D eigenvalue weighted by molar-refractivity contribution is -0.0191. The fraction of sp³-hybridized carbons (Fsp3) is 0.643. The van der Waals surface area contributed by atoms with E-state index in [1.807, 2.05) is 0 Å². The van der Waals surface area contributed by atoms with E-state index in [2.05, 4.69) is 57.3 Å². The van der Waals surface area contributed by atoms with Crippen LogP contribution in [-0.4, -0.2) is 40.5 Å².